The number of benzene rings is 1. The minimum atomic E-state index is -0.210. The molecule has 0 saturated carbocycles. The van der Waals surface area contributed by atoms with Gasteiger partial charge >= 0.3 is 0 Å². The zero-order valence-electron chi connectivity index (χ0n) is 16.1. The van der Waals surface area contributed by atoms with Crippen LogP contribution in [0.1, 0.15) is 22.0 Å². The topological polar surface area (TPSA) is 90.0 Å². The van der Waals surface area contributed by atoms with Crippen LogP contribution in [0.15, 0.2) is 42.6 Å². The molecule has 0 atom stereocenters. The average molecular weight is 412 g/mol. The summed E-state index contributed by atoms with van der Waals surface area (Å²) in [5.74, 6) is 2.32. The summed E-state index contributed by atoms with van der Waals surface area (Å²) < 4.78 is 0. The van der Waals surface area contributed by atoms with Gasteiger partial charge in [-0.2, -0.15) is 5.10 Å². The molecule has 1 aliphatic heterocycles. The first-order chi connectivity index (χ1) is 14.1. The summed E-state index contributed by atoms with van der Waals surface area (Å²) in [5, 5.41) is 10.5. The van der Waals surface area contributed by atoms with Crippen molar-refractivity contribution in [2.75, 3.05) is 36.4 Å². The van der Waals surface area contributed by atoms with E-state index in [1.165, 1.54) is 0 Å². The number of nitrogens with zero attached hydrogens (tertiary/aromatic N) is 5. The van der Waals surface area contributed by atoms with E-state index in [0.29, 0.717) is 16.3 Å². The highest BCUT2D eigenvalue weighted by Crippen LogP contribution is 2.18. The van der Waals surface area contributed by atoms with Crippen molar-refractivity contribution in [1.29, 1.82) is 0 Å². The number of anilines is 2. The van der Waals surface area contributed by atoms with Crippen LogP contribution in [-0.4, -0.2) is 57.2 Å². The summed E-state index contributed by atoms with van der Waals surface area (Å²) in [4.78, 5) is 25.8. The molecular weight excluding hydrogens is 390 g/mol. The second-order valence-electron chi connectivity index (χ2n) is 6.97. The average Bonchev–Trinajstić information content (AvgIpc) is 3.13. The lowest BCUT2D eigenvalue weighted by molar-refractivity contribution is 0.102. The van der Waals surface area contributed by atoms with Crippen molar-refractivity contribution in [1.82, 2.24) is 25.1 Å². The van der Waals surface area contributed by atoms with Crippen molar-refractivity contribution in [2.45, 2.75) is 13.5 Å². The highest BCUT2D eigenvalue weighted by Gasteiger charge is 2.19. The number of hydrogen-bond acceptors (Lipinski definition) is 6. The van der Waals surface area contributed by atoms with Gasteiger partial charge in [0, 0.05) is 43.1 Å². The molecule has 2 N–H and O–H groups in total. The Labute approximate surface area is 173 Å². The number of carbonyl (C=O) groups excluding carboxylic acids is 1. The van der Waals surface area contributed by atoms with E-state index in [0.717, 1.165) is 50.2 Å². The molecule has 2 aromatic heterocycles. The van der Waals surface area contributed by atoms with Gasteiger partial charge in [0.1, 0.15) is 11.6 Å². The van der Waals surface area contributed by atoms with Gasteiger partial charge in [-0.25, -0.2) is 9.97 Å². The summed E-state index contributed by atoms with van der Waals surface area (Å²) in [6.07, 6.45) is 1.61. The van der Waals surface area contributed by atoms with Crippen molar-refractivity contribution in [2.24, 2.45) is 0 Å². The Hall–Kier alpha value is -2.97. The minimum absolute atomic E-state index is 0.210. The Morgan fingerprint density at radius 2 is 2.03 bits per heavy atom. The molecular formula is C20H22ClN7O. The molecule has 8 nitrogen and oxygen atoms in total. The maximum atomic E-state index is 12.4. The lowest BCUT2D eigenvalue weighted by Gasteiger charge is -2.34. The van der Waals surface area contributed by atoms with Crippen LogP contribution in [0.2, 0.25) is 5.02 Å². The SMILES string of the molecule is Cc1nc(CN2CCN(c3ccc(C(=O)Nc4cccc(Cl)c4)cn3)CC2)n[nH]1. The van der Waals surface area contributed by atoms with Gasteiger partial charge in [0.15, 0.2) is 5.82 Å². The van der Waals surface area contributed by atoms with Gasteiger partial charge in [0.2, 0.25) is 0 Å². The highest BCUT2D eigenvalue weighted by atomic mass is 35.5. The third-order valence-electron chi connectivity index (χ3n) is 4.80. The van der Waals surface area contributed by atoms with E-state index >= 15 is 0 Å². The number of rotatable bonds is 5. The van der Waals surface area contributed by atoms with Crippen molar-refractivity contribution >= 4 is 29.0 Å². The first-order valence-electron chi connectivity index (χ1n) is 9.45. The minimum Gasteiger partial charge on any atom is -0.354 e. The molecule has 0 bridgehead atoms. The number of nitrogens with one attached hydrogen (secondary N) is 2. The number of amides is 1. The quantitative estimate of drug-likeness (QED) is 0.671. The number of piperazine rings is 1. The Morgan fingerprint density at radius 3 is 2.69 bits per heavy atom. The predicted octanol–water partition coefficient (Wildman–Crippen LogP) is 2.74. The number of H-pyrrole nitrogens is 1. The van der Waals surface area contributed by atoms with Crippen LogP contribution < -0.4 is 10.2 Å². The van der Waals surface area contributed by atoms with Gasteiger partial charge in [-0.3, -0.25) is 14.8 Å². The predicted molar refractivity (Wildman–Crippen MR) is 112 cm³/mol. The number of aromatic amines is 1. The molecule has 29 heavy (non-hydrogen) atoms. The third-order valence-corrected chi connectivity index (χ3v) is 5.03. The van der Waals surface area contributed by atoms with E-state index in [1.54, 1.807) is 36.5 Å². The smallest absolute Gasteiger partial charge is 0.257 e. The van der Waals surface area contributed by atoms with Crippen LogP contribution in [0, 0.1) is 6.92 Å². The number of aromatic nitrogens is 4. The summed E-state index contributed by atoms with van der Waals surface area (Å²) in [6, 6.07) is 10.7. The van der Waals surface area contributed by atoms with E-state index in [4.69, 9.17) is 11.6 Å². The fourth-order valence-corrected chi connectivity index (χ4v) is 3.46. The number of pyridine rings is 1. The normalized spacial score (nSPS) is 14.8. The number of hydrogen-bond donors (Lipinski definition) is 2. The second-order valence-corrected chi connectivity index (χ2v) is 7.41. The molecule has 0 unspecified atom stereocenters. The Morgan fingerprint density at radius 1 is 1.21 bits per heavy atom. The highest BCUT2D eigenvalue weighted by molar-refractivity contribution is 6.30. The van der Waals surface area contributed by atoms with Crippen molar-refractivity contribution in [3.63, 3.8) is 0 Å². The maximum Gasteiger partial charge on any atom is 0.257 e. The van der Waals surface area contributed by atoms with E-state index < -0.39 is 0 Å². The molecule has 1 aromatic carbocycles. The van der Waals surface area contributed by atoms with Crippen LogP contribution in [0.4, 0.5) is 11.5 Å². The fourth-order valence-electron chi connectivity index (χ4n) is 3.27. The molecule has 1 aliphatic rings. The molecule has 0 spiro atoms. The molecule has 1 fully saturated rings. The maximum absolute atomic E-state index is 12.4. The summed E-state index contributed by atoms with van der Waals surface area (Å²) >= 11 is 5.96. The zero-order valence-corrected chi connectivity index (χ0v) is 16.9. The zero-order chi connectivity index (χ0) is 20.2. The molecule has 150 valence electrons. The Balaban J connectivity index is 1.32. The molecule has 3 aromatic rings. The second kappa shape index (κ2) is 8.59. The lowest BCUT2D eigenvalue weighted by atomic mass is 10.2. The molecule has 0 aliphatic carbocycles. The molecule has 4 rings (SSSR count). The van der Waals surface area contributed by atoms with Gasteiger partial charge in [0.25, 0.3) is 5.91 Å². The third kappa shape index (κ3) is 4.90. The van der Waals surface area contributed by atoms with Crippen LogP contribution in [0.3, 0.4) is 0 Å². The monoisotopic (exact) mass is 411 g/mol. The molecule has 3 heterocycles. The van der Waals surface area contributed by atoms with Crippen LogP contribution in [-0.2, 0) is 6.54 Å². The van der Waals surface area contributed by atoms with Crippen LogP contribution in [0.5, 0.6) is 0 Å². The Kier molecular flexibility index (Phi) is 5.73. The fraction of sp³-hybridized carbons (Fsp3) is 0.300. The van der Waals surface area contributed by atoms with Crippen LogP contribution in [0.25, 0.3) is 0 Å². The summed E-state index contributed by atoms with van der Waals surface area (Å²) in [5.41, 5.74) is 1.16. The number of halogens is 1. The van der Waals surface area contributed by atoms with Gasteiger partial charge in [-0.15, -0.1) is 0 Å². The summed E-state index contributed by atoms with van der Waals surface area (Å²) in [6.45, 7) is 6.20. The summed E-state index contributed by atoms with van der Waals surface area (Å²) in [7, 11) is 0. The van der Waals surface area contributed by atoms with Crippen molar-refractivity contribution < 1.29 is 4.79 Å². The van der Waals surface area contributed by atoms with Gasteiger partial charge in [-0.1, -0.05) is 17.7 Å². The largest absolute Gasteiger partial charge is 0.354 e. The van der Waals surface area contributed by atoms with E-state index in [-0.39, 0.29) is 5.91 Å². The van der Waals surface area contributed by atoms with E-state index in [1.807, 2.05) is 13.0 Å². The van der Waals surface area contributed by atoms with Gasteiger partial charge < -0.3 is 10.2 Å². The first kappa shape index (κ1) is 19.4. The van der Waals surface area contributed by atoms with E-state index in [2.05, 4.69) is 35.3 Å². The van der Waals surface area contributed by atoms with Crippen molar-refractivity contribution in [3.05, 3.63) is 64.8 Å². The van der Waals surface area contributed by atoms with Gasteiger partial charge in [-0.05, 0) is 37.3 Å². The standard InChI is InChI=1S/C20H22ClN7O/c1-14-23-18(26-25-14)13-27-7-9-28(10-8-27)19-6-5-15(12-22-19)20(29)24-17-4-2-3-16(21)11-17/h2-6,11-12H,7-10,13H2,1H3,(H,24,29)(H,23,25,26). The molecule has 1 amide bonds. The van der Waals surface area contributed by atoms with Crippen molar-refractivity contribution in [3.8, 4) is 0 Å². The molecule has 1 saturated heterocycles. The van der Waals surface area contributed by atoms with Crippen LogP contribution >= 0.6 is 11.6 Å². The number of aryl methyl sites for hydroxylation is 1. The lowest BCUT2D eigenvalue weighted by Crippen LogP contribution is -2.46. The van der Waals surface area contributed by atoms with Gasteiger partial charge in [0.05, 0.1) is 12.1 Å². The first-order valence-corrected chi connectivity index (χ1v) is 9.83. The molecule has 0 radical (unpaired) electrons. The van der Waals surface area contributed by atoms with E-state index in [9.17, 15) is 4.79 Å². The number of carbonyl (C=O) groups is 1. The Bertz CT molecular complexity index is 981. The molecule has 9 heteroatoms.